The second kappa shape index (κ2) is 7.18. The van der Waals surface area contributed by atoms with Crippen molar-refractivity contribution in [1.29, 1.82) is 0 Å². The number of benzene rings is 1. The highest BCUT2D eigenvalue weighted by Crippen LogP contribution is 2.34. The van der Waals surface area contributed by atoms with Crippen molar-refractivity contribution in [1.82, 2.24) is 4.72 Å². The van der Waals surface area contributed by atoms with Gasteiger partial charge in [0, 0.05) is 11.6 Å². The summed E-state index contributed by atoms with van der Waals surface area (Å²) in [6.45, 7) is 0.381. The van der Waals surface area contributed by atoms with Gasteiger partial charge in [-0.25, -0.2) is 13.1 Å². The van der Waals surface area contributed by atoms with Crippen LogP contribution in [0.25, 0.3) is 0 Å². The van der Waals surface area contributed by atoms with Gasteiger partial charge in [0.25, 0.3) is 0 Å². The van der Waals surface area contributed by atoms with Crippen LogP contribution >= 0.6 is 23.2 Å². The molecule has 1 saturated carbocycles. The molecule has 0 heterocycles. The molecule has 2 N–H and O–H groups in total. The molecule has 0 radical (unpaired) electrons. The van der Waals surface area contributed by atoms with Crippen molar-refractivity contribution < 1.29 is 13.5 Å². The molecule has 2 rings (SSSR count). The first kappa shape index (κ1) is 16.9. The van der Waals surface area contributed by atoms with E-state index in [-0.39, 0.29) is 14.9 Å². The fraction of sp³-hybridized carbons (Fsp3) is 0.571. The first-order chi connectivity index (χ1) is 9.90. The fourth-order valence-corrected chi connectivity index (χ4v) is 4.49. The summed E-state index contributed by atoms with van der Waals surface area (Å²) in [7, 11) is -3.82. The molecule has 0 saturated heterocycles. The molecule has 0 unspecified atom stereocenters. The van der Waals surface area contributed by atoms with Crippen molar-refractivity contribution in [2.24, 2.45) is 5.92 Å². The highest BCUT2D eigenvalue weighted by Gasteiger charge is 2.23. The average Bonchev–Trinajstić information content (AvgIpc) is 2.69. The molecule has 4 nitrogen and oxygen atoms in total. The minimum Gasteiger partial charge on any atom is -0.505 e. The summed E-state index contributed by atoms with van der Waals surface area (Å²) in [4.78, 5) is -0.270. The Morgan fingerprint density at radius 2 is 1.76 bits per heavy atom. The molecule has 0 bridgehead atoms. The Kier molecular flexibility index (Phi) is 5.77. The van der Waals surface area contributed by atoms with E-state index in [0.717, 1.165) is 25.7 Å². The van der Waals surface area contributed by atoms with Gasteiger partial charge in [-0.3, -0.25) is 0 Å². The highest BCUT2D eigenvalue weighted by atomic mass is 35.5. The summed E-state index contributed by atoms with van der Waals surface area (Å²) in [6, 6.07) is 2.51. The molecule has 7 heteroatoms. The van der Waals surface area contributed by atoms with Crippen molar-refractivity contribution in [3.63, 3.8) is 0 Å². The Balaban J connectivity index is 2.11. The van der Waals surface area contributed by atoms with Crippen LogP contribution in [0.5, 0.6) is 5.75 Å². The van der Waals surface area contributed by atoms with Gasteiger partial charge in [-0.2, -0.15) is 0 Å². The summed E-state index contributed by atoms with van der Waals surface area (Å²) >= 11 is 11.6. The van der Waals surface area contributed by atoms with Crippen molar-refractivity contribution >= 4 is 33.2 Å². The van der Waals surface area contributed by atoms with Crippen LogP contribution in [0.3, 0.4) is 0 Å². The second-order valence-corrected chi connectivity index (χ2v) is 8.02. The first-order valence-corrected chi connectivity index (χ1v) is 9.32. The number of aromatic hydroxyl groups is 1. The zero-order chi connectivity index (χ0) is 15.5. The molecule has 0 aliphatic heterocycles. The molecule has 1 fully saturated rings. The number of hydrogen-bond donors (Lipinski definition) is 2. The Morgan fingerprint density at radius 3 is 2.38 bits per heavy atom. The van der Waals surface area contributed by atoms with E-state index in [2.05, 4.69) is 4.72 Å². The van der Waals surface area contributed by atoms with Gasteiger partial charge >= 0.3 is 0 Å². The predicted molar refractivity (Wildman–Crippen MR) is 84.5 cm³/mol. The Labute approximate surface area is 135 Å². The van der Waals surface area contributed by atoms with Crippen molar-refractivity contribution in [2.45, 2.75) is 43.4 Å². The lowest BCUT2D eigenvalue weighted by atomic mass is 10.0. The van der Waals surface area contributed by atoms with Crippen molar-refractivity contribution in [2.75, 3.05) is 6.54 Å². The molecule has 1 aromatic rings. The summed E-state index contributed by atoms with van der Waals surface area (Å²) in [5, 5.41) is 9.93. The highest BCUT2D eigenvalue weighted by molar-refractivity contribution is 7.89. The zero-order valence-electron chi connectivity index (χ0n) is 11.6. The van der Waals surface area contributed by atoms with E-state index in [1.54, 1.807) is 0 Å². The van der Waals surface area contributed by atoms with E-state index in [9.17, 15) is 13.5 Å². The predicted octanol–water partition coefficient (Wildman–Crippen LogP) is 3.95. The van der Waals surface area contributed by atoms with Crippen LogP contribution in [-0.2, 0) is 10.0 Å². The first-order valence-electron chi connectivity index (χ1n) is 7.08. The third-order valence-electron chi connectivity index (χ3n) is 3.82. The van der Waals surface area contributed by atoms with Gasteiger partial charge in [0.1, 0.15) is 4.90 Å². The van der Waals surface area contributed by atoms with Gasteiger partial charge < -0.3 is 5.11 Å². The average molecular weight is 352 g/mol. The third kappa shape index (κ3) is 4.49. The number of nitrogens with one attached hydrogen (secondary N) is 1. The van der Waals surface area contributed by atoms with E-state index < -0.39 is 15.8 Å². The van der Waals surface area contributed by atoms with Crippen molar-refractivity contribution in [3.8, 4) is 5.75 Å². The van der Waals surface area contributed by atoms with Gasteiger partial charge in [-0.15, -0.1) is 0 Å². The summed E-state index contributed by atoms with van der Waals surface area (Å²) in [5.74, 6) is -0.117. The molecule has 118 valence electrons. The molecule has 0 aromatic heterocycles. The number of sulfonamides is 1. The summed E-state index contributed by atoms with van der Waals surface area (Å²) < 4.78 is 27.2. The van der Waals surface area contributed by atoms with Gasteiger partial charge in [-0.05, 0) is 30.9 Å². The maximum absolute atomic E-state index is 12.3. The van der Waals surface area contributed by atoms with Crippen LogP contribution in [0.15, 0.2) is 17.0 Å². The normalized spacial score (nSPS) is 17.6. The minimum atomic E-state index is -3.82. The maximum Gasteiger partial charge on any atom is 0.244 e. The topological polar surface area (TPSA) is 66.4 Å². The lowest BCUT2D eigenvalue weighted by Gasteiger charge is -2.16. The van der Waals surface area contributed by atoms with E-state index in [1.807, 2.05) is 0 Å². The van der Waals surface area contributed by atoms with Gasteiger partial charge in [0.05, 0.1) is 5.02 Å². The number of phenols is 1. The lowest BCUT2D eigenvalue weighted by Crippen LogP contribution is -2.29. The minimum absolute atomic E-state index is 0.0719. The Hall–Kier alpha value is -0.490. The Bertz CT molecular complexity index is 596. The van der Waals surface area contributed by atoms with Crippen LogP contribution in [-0.4, -0.2) is 20.1 Å². The quantitative estimate of drug-likeness (QED) is 0.807. The molecule has 0 amide bonds. The van der Waals surface area contributed by atoms with Crippen LogP contribution in [0.1, 0.15) is 38.5 Å². The largest absolute Gasteiger partial charge is 0.505 e. The number of halogens is 2. The van der Waals surface area contributed by atoms with E-state index in [0.29, 0.717) is 12.5 Å². The molecule has 1 aliphatic rings. The van der Waals surface area contributed by atoms with Crippen molar-refractivity contribution in [3.05, 3.63) is 22.2 Å². The number of phenolic OH excluding ortho intramolecular Hbond substituents is 1. The lowest BCUT2D eigenvalue weighted by molar-refractivity contribution is 0.444. The van der Waals surface area contributed by atoms with E-state index in [4.69, 9.17) is 23.2 Å². The number of hydrogen-bond acceptors (Lipinski definition) is 3. The molecule has 1 aliphatic carbocycles. The monoisotopic (exact) mass is 351 g/mol. The molecular formula is C14H19Cl2NO3S. The third-order valence-corrected chi connectivity index (χ3v) is 5.76. The maximum atomic E-state index is 12.3. The summed E-state index contributed by atoms with van der Waals surface area (Å²) in [6.07, 6.45) is 6.78. The molecular weight excluding hydrogens is 333 g/mol. The Morgan fingerprint density at radius 1 is 1.14 bits per heavy atom. The molecule has 21 heavy (non-hydrogen) atoms. The standard InChI is InChI=1S/C14H19Cl2NO3S/c15-11-7-12(16)14(18)13(8-11)21(19,20)17-9-10-5-3-1-2-4-6-10/h7-8,10,17-18H,1-6,9H2. The molecule has 1 aromatic carbocycles. The summed E-state index contributed by atoms with van der Waals surface area (Å²) in [5.41, 5.74) is 0. The fourth-order valence-electron chi connectivity index (χ4n) is 2.62. The molecule has 0 spiro atoms. The van der Waals surface area contributed by atoms with E-state index in [1.165, 1.54) is 25.0 Å². The van der Waals surface area contributed by atoms with Gasteiger partial charge in [0.15, 0.2) is 5.75 Å². The number of rotatable bonds is 4. The molecule has 0 atom stereocenters. The van der Waals surface area contributed by atoms with E-state index >= 15 is 0 Å². The van der Waals surface area contributed by atoms with Crippen LogP contribution in [0.4, 0.5) is 0 Å². The van der Waals surface area contributed by atoms with Gasteiger partial charge in [-0.1, -0.05) is 48.9 Å². The van der Waals surface area contributed by atoms with Crippen LogP contribution < -0.4 is 4.72 Å². The zero-order valence-corrected chi connectivity index (χ0v) is 13.9. The van der Waals surface area contributed by atoms with Crippen LogP contribution in [0.2, 0.25) is 10.0 Å². The SMILES string of the molecule is O=S(=O)(NCC1CCCCCC1)c1cc(Cl)cc(Cl)c1O. The second-order valence-electron chi connectivity index (χ2n) is 5.44. The smallest absolute Gasteiger partial charge is 0.244 e. The van der Waals surface area contributed by atoms with Gasteiger partial charge in [0.2, 0.25) is 10.0 Å². The van der Waals surface area contributed by atoms with Crippen LogP contribution in [0, 0.1) is 5.92 Å².